The fourth-order valence-corrected chi connectivity index (χ4v) is 3.79. The van der Waals surface area contributed by atoms with Gasteiger partial charge in [-0.15, -0.1) is 0 Å². The molecule has 0 saturated carbocycles. The third-order valence-electron chi connectivity index (χ3n) is 4.31. The van der Waals surface area contributed by atoms with Crippen molar-refractivity contribution < 1.29 is 4.79 Å². The van der Waals surface area contributed by atoms with Gasteiger partial charge in [0.25, 0.3) is 0 Å². The highest BCUT2D eigenvalue weighted by atomic mass is 32.1. The van der Waals surface area contributed by atoms with Crippen LogP contribution in [0.5, 0.6) is 0 Å². The predicted molar refractivity (Wildman–Crippen MR) is 94.1 cm³/mol. The standard InChI is InChI=1S/C17H24N4OS/c1-17(2,3)21-15(4-8-18-21)19-16(22)20-9-5-13(6-10-20)14-7-11-23-12-14/h4,7-8,11-13H,5-6,9-10H2,1-3H3,(H,19,22). The van der Waals surface area contributed by atoms with Crippen molar-refractivity contribution in [3.05, 3.63) is 34.7 Å². The molecule has 0 aromatic carbocycles. The number of likely N-dealkylation sites (tertiary alicyclic amines) is 1. The molecule has 0 aliphatic carbocycles. The van der Waals surface area contributed by atoms with Crippen LogP contribution in [0, 0.1) is 0 Å². The van der Waals surface area contributed by atoms with Gasteiger partial charge in [0.2, 0.25) is 0 Å². The molecule has 0 atom stereocenters. The van der Waals surface area contributed by atoms with Gasteiger partial charge in [-0.2, -0.15) is 16.4 Å². The summed E-state index contributed by atoms with van der Waals surface area (Å²) < 4.78 is 1.85. The van der Waals surface area contributed by atoms with Crippen LogP contribution in [0.25, 0.3) is 0 Å². The Hall–Kier alpha value is -1.82. The number of anilines is 1. The molecule has 23 heavy (non-hydrogen) atoms. The monoisotopic (exact) mass is 332 g/mol. The number of rotatable bonds is 2. The maximum absolute atomic E-state index is 12.5. The van der Waals surface area contributed by atoms with E-state index in [0.29, 0.717) is 5.92 Å². The molecule has 2 aromatic rings. The Morgan fingerprint density at radius 2 is 2.04 bits per heavy atom. The highest BCUT2D eigenvalue weighted by molar-refractivity contribution is 7.07. The van der Waals surface area contributed by atoms with Gasteiger partial charge in [-0.05, 0) is 61.9 Å². The van der Waals surface area contributed by atoms with Crippen molar-refractivity contribution in [2.24, 2.45) is 0 Å². The molecule has 5 nitrogen and oxygen atoms in total. The van der Waals surface area contributed by atoms with E-state index in [4.69, 9.17) is 0 Å². The van der Waals surface area contributed by atoms with Crippen molar-refractivity contribution >= 4 is 23.2 Å². The Bertz CT molecular complexity index is 648. The number of urea groups is 1. The quantitative estimate of drug-likeness (QED) is 0.899. The first-order chi connectivity index (χ1) is 10.9. The van der Waals surface area contributed by atoms with Crippen molar-refractivity contribution in [3.63, 3.8) is 0 Å². The van der Waals surface area contributed by atoms with Crippen molar-refractivity contribution in [1.29, 1.82) is 0 Å². The molecule has 2 aromatic heterocycles. The Balaban J connectivity index is 1.59. The minimum Gasteiger partial charge on any atom is -0.324 e. The smallest absolute Gasteiger partial charge is 0.323 e. The van der Waals surface area contributed by atoms with Crippen LogP contribution < -0.4 is 5.32 Å². The Labute approximate surface area is 141 Å². The van der Waals surface area contributed by atoms with E-state index in [2.05, 4.69) is 48.0 Å². The van der Waals surface area contributed by atoms with Crippen molar-refractivity contribution in [3.8, 4) is 0 Å². The molecule has 1 aliphatic heterocycles. The normalized spacial score (nSPS) is 16.6. The number of nitrogens with zero attached hydrogens (tertiary/aromatic N) is 3. The van der Waals surface area contributed by atoms with Crippen molar-refractivity contribution in [2.45, 2.75) is 45.1 Å². The molecule has 124 valence electrons. The highest BCUT2D eigenvalue weighted by Crippen LogP contribution is 2.29. The molecule has 0 unspecified atom stereocenters. The van der Waals surface area contributed by atoms with E-state index in [-0.39, 0.29) is 11.6 Å². The molecule has 2 amide bonds. The van der Waals surface area contributed by atoms with E-state index in [0.717, 1.165) is 31.7 Å². The highest BCUT2D eigenvalue weighted by Gasteiger charge is 2.25. The molecule has 0 radical (unpaired) electrons. The summed E-state index contributed by atoms with van der Waals surface area (Å²) in [7, 11) is 0. The predicted octanol–water partition coefficient (Wildman–Crippen LogP) is 4.11. The second kappa shape index (κ2) is 6.35. The first-order valence-electron chi connectivity index (χ1n) is 8.07. The van der Waals surface area contributed by atoms with E-state index >= 15 is 0 Å². The zero-order valence-electron chi connectivity index (χ0n) is 14.0. The zero-order chi connectivity index (χ0) is 16.4. The third-order valence-corrected chi connectivity index (χ3v) is 5.01. The molecule has 3 rings (SSSR count). The molecular formula is C17H24N4OS. The molecule has 6 heteroatoms. The summed E-state index contributed by atoms with van der Waals surface area (Å²) in [5, 5.41) is 11.7. The molecule has 3 heterocycles. The first-order valence-corrected chi connectivity index (χ1v) is 9.02. The molecule has 1 fully saturated rings. The van der Waals surface area contributed by atoms with Crippen LogP contribution >= 0.6 is 11.3 Å². The number of carbonyl (C=O) groups excluding carboxylic acids is 1. The van der Waals surface area contributed by atoms with Gasteiger partial charge in [-0.25, -0.2) is 9.48 Å². The van der Waals surface area contributed by atoms with Crippen LogP contribution in [0.2, 0.25) is 0 Å². The van der Waals surface area contributed by atoms with Crippen LogP contribution in [0.3, 0.4) is 0 Å². The van der Waals surface area contributed by atoms with Gasteiger partial charge < -0.3 is 4.90 Å². The van der Waals surface area contributed by atoms with E-state index in [1.54, 1.807) is 17.5 Å². The maximum Gasteiger partial charge on any atom is 0.323 e. The zero-order valence-corrected chi connectivity index (χ0v) is 14.8. The number of thiophene rings is 1. The SMILES string of the molecule is CC(C)(C)n1nccc1NC(=O)N1CCC(c2ccsc2)CC1. The lowest BCUT2D eigenvalue weighted by Crippen LogP contribution is -2.41. The van der Waals surface area contributed by atoms with E-state index in [9.17, 15) is 4.79 Å². The van der Waals surface area contributed by atoms with Gasteiger partial charge in [-0.1, -0.05) is 0 Å². The van der Waals surface area contributed by atoms with Gasteiger partial charge in [0.05, 0.1) is 11.7 Å². The molecule has 0 spiro atoms. The third kappa shape index (κ3) is 3.58. The minimum absolute atomic E-state index is 0.0280. The lowest BCUT2D eigenvalue weighted by molar-refractivity contribution is 0.194. The summed E-state index contributed by atoms with van der Waals surface area (Å²) in [6.07, 6.45) is 3.79. The van der Waals surface area contributed by atoms with Gasteiger partial charge in [0.15, 0.2) is 0 Å². The molecule has 1 saturated heterocycles. The number of piperidine rings is 1. The summed E-state index contributed by atoms with van der Waals surface area (Å²) in [4.78, 5) is 14.4. The number of amides is 2. The molecule has 0 bridgehead atoms. The van der Waals surface area contributed by atoms with E-state index < -0.39 is 0 Å². The minimum atomic E-state index is -0.155. The number of aromatic nitrogens is 2. The molecule has 1 N–H and O–H groups in total. The second-order valence-corrected chi connectivity index (χ2v) is 7.83. The van der Waals surface area contributed by atoms with Crippen LogP contribution in [-0.4, -0.2) is 33.8 Å². The topological polar surface area (TPSA) is 50.2 Å². The fraction of sp³-hybridized carbons (Fsp3) is 0.529. The summed E-state index contributed by atoms with van der Waals surface area (Å²) >= 11 is 1.74. The number of carbonyl (C=O) groups is 1. The van der Waals surface area contributed by atoms with Crippen molar-refractivity contribution in [1.82, 2.24) is 14.7 Å². The molecular weight excluding hydrogens is 308 g/mol. The summed E-state index contributed by atoms with van der Waals surface area (Å²) in [6.45, 7) is 7.82. The summed E-state index contributed by atoms with van der Waals surface area (Å²) in [5.74, 6) is 1.34. The van der Waals surface area contributed by atoms with E-state index in [1.807, 2.05) is 15.6 Å². The Morgan fingerprint density at radius 1 is 1.30 bits per heavy atom. The number of nitrogens with one attached hydrogen (secondary N) is 1. The number of hydrogen-bond acceptors (Lipinski definition) is 3. The van der Waals surface area contributed by atoms with Gasteiger partial charge >= 0.3 is 6.03 Å². The largest absolute Gasteiger partial charge is 0.324 e. The summed E-state index contributed by atoms with van der Waals surface area (Å²) in [6, 6.07) is 4.02. The van der Waals surface area contributed by atoms with Gasteiger partial charge in [0, 0.05) is 19.2 Å². The number of hydrogen-bond donors (Lipinski definition) is 1. The van der Waals surface area contributed by atoms with Crippen LogP contribution in [0.4, 0.5) is 10.6 Å². The van der Waals surface area contributed by atoms with Crippen LogP contribution in [0.15, 0.2) is 29.1 Å². The van der Waals surface area contributed by atoms with Gasteiger partial charge in [0.1, 0.15) is 5.82 Å². The van der Waals surface area contributed by atoms with E-state index in [1.165, 1.54) is 5.56 Å². The average Bonchev–Trinajstić information content (AvgIpc) is 3.18. The van der Waals surface area contributed by atoms with Crippen LogP contribution in [-0.2, 0) is 5.54 Å². The first kappa shape index (κ1) is 16.1. The Morgan fingerprint density at radius 3 is 2.65 bits per heavy atom. The fourth-order valence-electron chi connectivity index (χ4n) is 3.04. The van der Waals surface area contributed by atoms with Crippen LogP contribution in [0.1, 0.15) is 45.1 Å². The lowest BCUT2D eigenvalue weighted by Gasteiger charge is -2.32. The second-order valence-electron chi connectivity index (χ2n) is 7.05. The maximum atomic E-state index is 12.5. The summed E-state index contributed by atoms with van der Waals surface area (Å²) in [5.41, 5.74) is 1.26. The lowest BCUT2D eigenvalue weighted by atomic mass is 9.91. The van der Waals surface area contributed by atoms with Gasteiger partial charge in [-0.3, -0.25) is 5.32 Å². The average molecular weight is 332 g/mol. The Kier molecular flexibility index (Phi) is 4.43. The van der Waals surface area contributed by atoms with Crippen molar-refractivity contribution in [2.75, 3.05) is 18.4 Å². The molecule has 1 aliphatic rings.